The number of nitrogens with zero attached hydrogens (tertiary/aromatic N) is 2. The summed E-state index contributed by atoms with van der Waals surface area (Å²) in [5.41, 5.74) is 0. The minimum absolute atomic E-state index is 0.374. The molecule has 0 heterocycles. The van der Waals surface area contributed by atoms with Gasteiger partial charge >= 0.3 is 0 Å². The minimum atomic E-state index is -0.392. The molecule has 2 unspecified atom stereocenters. The summed E-state index contributed by atoms with van der Waals surface area (Å²) in [6.07, 6.45) is 3.35. The number of hydrogen-bond donors (Lipinski definition) is 0. The van der Waals surface area contributed by atoms with Gasteiger partial charge in [-0.3, -0.25) is 5.23 Å². The Labute approximate surface area is 71.2 Å². The second-order valence-electron chi connectivity index (χ2n) is 2.99. The van der Waals surface area contributed by atoms with E-state index in [4.69, 9.17) is 0 Å². The van der Waals surface area contributed by atoms with Crippen molar-refractivity contribution in [2.24, 2.45) is 5.18 Å². The van der Waals surface area contributed by atoms with E-state index in [-0.39, 0.29) is 6.04 Å². The molecule has 70 valence electrons. The van der Waals surface area contributed by atoms with E-state index in [0.717, 1.165) is 12.8 Å². The van der Waals surface area contributed by atoms with Gasteiger partial charge in [-0.1, -0.05) is 18.0 Å². The Morgan fingerprint density at radius 2 is 2.17 bits per heavy atom. The molecule has 0 amide bonds. The van der Waals surface area contributed by atoms with Gasteiger partial charge in [0.25, 0.3) is 0 Å². The van der Waals surface area contributed by atoms with E-state index >= 15 is 0 Å². The van der Waals surface area contributed by atoms with Crippen molar-refractivity contribution in [1.29, 1.82) is 0 Å². The molecule has 1 fully saturated rings. The molecule has 0 aliphatic heterocycles. The maximum atomic E-state index is 11.0. The molecule has 12 heavy (non-hydrogen) atoms. The fraction of sp³-hybridized carbons (Fsp3) is 1.00. The summed E-state index contributed by atoms with van der Waals surface area (Å²) in [6, 6.07) is -0.766. The van der Waals surface area contributed by atoms with E-state index in [9.17, 15) is 10.1 Å². The van der Waals surface area contributed by atoms with Gasteiger partial charge in [-0.15, -0.1) is 0 Å². The number of rotatable bonds is 3. The second kappa shape index (κ2) is 4.49. The Balaban J connectivity index is 2.51. The molecule has 0 aromatic rings. The largest absolute Gasteiger partial charge is 0.762 e. The molecule has 0 N–H and O–H groups in total. The molecule has 5 nitrogen and oxygen atoms in total. The van der Waals surface area contributed by atoms with Crippen molar-refractivity contribution in [3.8, 4) is 0 Å². The lowest BCUT2D eigenvalue weighted by Crippen LogP contribution is -2.40. The van der Waals surface area contributed by atoms with Crippen LogP contribution < -0.4 is 0 Å². The molecule has 0 aromatic carbocycles. The monoisotopic (exact) mass is 173 g/mol. The van der Waals surface area contributed by atoms with E-state index in [2.05, 4.69) is 10.0 Å². The van der Waals surface area contributed by atoms with Crippen LogP contribution >= 0.6 is 0 Å². The van der Waals surface area contributed by atoms with Crippen molar-refractivity contribution in [1.82, 2.24) is 5.23 Å². The molecule has 1 saturated carbocycles. The first-order valence-corrected chi connectivity index (χ1v) is 4.12. The first kappa shape index (κ1) is 9.57. The van der Waals surface area contributed by atoms with Gasteiger partial charge in [-0.25, -0.2) is 0 Å². The molecule has 2 atom stereocenters. The zero-order valence-corrected chi connectivity index (χ0v) is 7.10. The van der Waals surface area contributed by atoms with Gasteiger partial charge in [0.05, 0.1) is 7.11 Å². The lowest BCUT2D eigenvalue weighted by Gasteiger charge is -2.38. The van der Waals surface area contributed by atoms with Gasteiger partial charge in [0.15, 0.2) is 0 Å². The summed E-state index contributed by atoms with van der Waals surface area (Å²) in [4.78, 5) is 14.8. The number of nitroso groups, excluding NO2 is 1. The molecule has 0 bridgehead atoms. The van der Waals surface area contributed by atoms with Crippen LogP contribution in [-0.2, 0) is 4.84 Å². The summed E-state index contributed by atoms with van der Waals surface area (Å²) in [6.45, 7) is 0. The molecule has 0 spiro atoms. The van der Waals surface area contributed by atoms with E-state index in [0.29, 0.717) is 18.1 Å². The van der Waals surface area contributed by atoms with Gasteiger partial charge in [-0.2, -0.15) is 4.91 Å². The Hall–Kier alpha value is -0.520. The maximum Gasteiger partial charge on any atom is 0.109 e. The quantitative estimate of drug-likeness (QED) is 0.478. The van der Waals surface area contributed by atoms with Gasteiger partial charge in [0.2, 0.25) is 0 Å². The van der Waals surface area contributed by atoms with Gasteiger partial charge in [0, 0.05) is 6.04 Å². The molecule has 5 heteroatoms. The molecule has 0 radical (unpaired) electrons. The summed E-state index contributed by atoms with van der Waals surface area (Å²) in [5.74, 6) is 0. The SMILES string of the molecule is CON([O-])C1CCCCC1N=O. The van der Waals surface area contributed by atoms with Crippen LogP contribution in [-0.4, -0.2) is 24.4 Å². The number of hydrogen-bond acceptors (Lipinski definition) is 5. The van der Waals surface area contributed by atoms with Crippen molar-refractivity contribution < 1.29 is 4.84 Å². The van der Waals surface area contributed by atoms with E-state index in [1.165, 1.54) is 7.11 Å². The van der Waals surface area contributed by atoms with Gasteiger partial charge in [-0.05, 0) is 12.8 Å². The highest BCUT2D eigenvalue weighted by atomic mass is 16.9. The summed E-state index contributed by atoms with van der Waals surface area (Å²) < 4.78 is 0. The molecule has 0 aromatic heterocycles. The fourth-order valence-electron chi connectivity index (χ4n) is 1.60. The topological polar surface area (TPSA) is 65.0 Å². The van der Waals surface area contributed by atoms with Crippen molar-refractivity contribution in [3.05, 3.63) is 10.1 Å². The third kappa shape index (κ3) is 2.00. The van der Waals surface area contributed by atoms with Crippen molar-refractivity contribution in [3.63, 3.8) is 0 Å². The summed E-state index contributed by atoms with van der Waals surface area (Å²) in [7, 11) is 1.31. The van der Waals surface area contributed by atoms with Crippen LogP contribution in [0.1, 0.15) is 25.7 Å². The Bertz CT molecular complexity index is 154. The molecule has 1 rings (SSSR count). The third-order valence-electron chi connectivity index (χ3n) is 2.28. The van der Waals surface area contributed by atoms with Crippen LogP contribution in [0.15, 0.2) is 5.18 Å². The van der Waals surface area contributed by atoms with E-state index < -0.39 is 6.04 Å². The third-order valence-corrected chi connectivity index (χ3v) is 2.28. The van der Waals surface area contributed by atoms with Gasteiger partial charge in [0.1, 0.15) is 6.04 Å². The lowest BCUT2D eigenvalue weighted by atomic mass is 9.91. The standard InChI is InChI=1S/C7H13N2O3/c1-12-9(11)7-5-3-2-4-6(7)8-10/h6-7H,2-5H2,1H3/q-1. The smallest absolute Gasteiger partial charge is 0.109 e. The van der Waals surface area contributed by atoms with Crippen LogP contribution in [0.4, 0.5) is 0 Å². The zero-order valence-electron chi connectivity index (χ0n) is 7.10. The molecular weight excluding hydrogens is 160 g/mol. The van der Waals surface area contributed by atoms with Gasteiger partial charge < -0.3 is 10.0 Å². The molecule has 0 saturated heterocycles. The molecular formula is C7H13N2O3-. The van der Waals surface area contributed by atoms with Crippen molar-refractivity contribution in [2.45, 2.75) is 37.8 Å². The average Bonchev–Trinajstić information content (AvgIpc) is 2.16. The zero-order chi connectivity index (χ0) is 8.97. The molecule has 1 aliphatic carbocycles. The summed E-state index contributed by atoms with van der Waals surface area (Å²) >= 11 is 0. The maximum absolute atomic E-state index is 11.0. The van der Waals surface area contributed by atoms with E-state index in [1.807, 2.05) is 0 Å². The van der Waals surface area contributed by atoms with Crippen LogP contribution in [0.3, 0.4) is 0 Å². The lowest BCUT2D eigenvalue weighted by molar-refractivity contribution is -0.131. The Morgan fingerprint density at radius 3 is 2.75 bits per heavy atom. The van der Waals surface area contributed by atoms with Crippen molar-refractivity contribution in [2.75, 3.05) is 7.11 Å². The van der Waals surface area contributed by atoms with Crippen molar-refractivity contribution >= 4 is 0 Å². The van der Waals surface area contributed by atoms with Crippen LogP contribution in [0, 0.1) is 10.1 Å². The van der Waals surface area contributed by atoms with E-state index in [1.54, 1.807) is 0 Å². The fourth-order valence-corrected chi connectivity index (χ4v) is 1.60. The highest BCUT2D eigenvalue weighted by Gasteiger charge is 2.27. The normalized spacial score (nSPS) is 30.6. The predicted octanol–water partition coefficient (Wildman–Crippen LogP) is 1.43. The highest BCUT2D eigenvalue weighted by Crippen LogP contribution is 2.24. The highest BCUT2D eigenvalue weighted by molar-refractivity contribution is 4.85. The first-order valence-electron chi connectivity index (χ1n) is 4.12. The summed E-state index contributed by atoms with van der Waals surface area (Å²) in [5, 5.41) is 14.4. The van der Waals surface area contributed by atoms with Crippen LogP contribution in [0.5, 0.6) is 0 Å². The van der Waals surface area contributed by atoms with Crippen LogP contribution in [0.25, 0.3) is 0 Å². The Morgan fingerprint density at radius 1 is 1.50 bits per heavy atom. The van der Waals surface area contributed by atoms with Crippen LogP contribution in [0.2, 0.25) is 0 Å². The predicted molar refractivity (Wildman–Crippen MR) is 44.1 cm³/mol. The average molecular weight is 173 g/mol. The first-order chi connectivity index (χ1) is 5.79. The Kier molecular flexibility index (Phi) is 3.58. The molecule has 1 aliphatic rings. The second-order valence-corrected chi connectivity index (χ2v) is 2.99. The number of hydroxylamine groups is 2. The minimum Gasteiger partial charge on any atom is -0.762 e.